The van der Waals surface area contributed by atoms with Gasteiger partial charge in [-0.2, -0.15) is 0 Å². The van der Waals surface area contributed by atoms with E-state index >= 15 is 0 Å². The van der Waals surface area contributed by atoms with E-state index in [1.54, 1.807) is 6.92 Å². The van der Waals surface area contributed by atoms with Gasteiger partial charge in [-0.25, -0.2) is 0 Å². The SMILES string of the molecule is CCC1CCCC(N2CCCCC2C(C)=O)C1. The molecule has 98 valence electrons. The first-order valence-electron chi connectivity index (χ1n) is 7.48. The van der Waals surface area contributed by atoms with Crippen molar-refractivity contribution in [1.29, 1.82) is 0 Å². The van der Waals surface area contributed by atoms with Crippen LogP contribution < -0.4 is 0 Å². The topological polar surface area (TPSA) is 20.3 Å². The fourth-order valence-electron chi connectivity index (χ4n) is 3.76. The molecule has 17 heavy (non-hydrogen) atoms. The Balaban J connectivity index is 2.00. The Bertz CT molecular complexity index is 264. The van der Waals surface area contributed by atoms with Gasteiger partial charge < -0.3 is 0 Å². The van der Waals surface area contributed by atoms with Crippen molar-refractivity contribution in [2.75, 3.05) is 6.54 Å². The molecular weight excluding hydrogens is 210 g/mol. The highest BCUT2D eigenvalue weighted by atomic mass is 16.1. The summed E-state index contributed by atoms with van der Waals surface area (Å²) in [6.45, 7) is 5.25. The van der Waals surface area contributed by atoms with Gasteiger partial charge in [0, 0.05) is 6.04 Å². The van der Waals surface area contributed by atoms with Crippen LogP contribution in [0.15, 0.2) is 0 Å². The second kappa shape index (κ2) is 5.99. The van der Waals surface area contributed by atoms with Crippen molar-refractivity contribution in [2.45, 2.75) is 77.3 Å². The minimum absolute atomic E-state index is 0.240. The summed E-state index contributed by atoms with van der Waals surface area (Å²) in [7, 11) is 0. The van der Waals surface area contributed by atoms with E-state index in [-0.39, 0.29) is 6.04 Å². The summed E-state index contributed by atoms with van der Waals surface area (Å²) in [6.07, 6.45) is 10.4. The third kappa shape index (κ3) is 3.09. The highest BCUT2D eigenvalue weighted by molar-refractivity contribution is 5.81. The van der Waals surface area contributed by atoms with Crippen LogP contribution >= 0.6 is 0 Å². The van der Waals surface area contributed by atoms with E-state index in [0.717, 1.165) is 18.9 Å². The molecule has 2 heteroatoms. The van der Waals surface area contributed by atoms with Crippen molar-refractivity contribution in [1.82, 2.24) is 4.90 Å². The molecule has 2 nitrogen and oxygen atoms in total. The molecule has 3 unspecified atom stereocenters. The van der Waals surface area contributed by atoms with Gasteiger partial charge in [0.25, 0.3) is 0 Å². The van der Waals surface area contributed by atoms with Gasteiger partial charge in [-0.15, -0.1) is 0 Å². The van der Waals surface area contributed by atoms with Crippen LogP contribution in [0, 0.1) is 5.92 Å². The number of hydrogen-bond acceptors (Lipinski definition) is 2. The molecule has 0 aromatic rings. The maximum atomic E-state index is 11.8. The maximum absolute atomic E-state index is 11.8. The Kier molecular flexibility index (Phi) is 4.61. The largest absolute Gasteiger partial charge is 0.298 e. The molecule has 1 saturated carbocycles. The molecule has 2 rings (SSSR count). The van der Waals surface area contributed by atoms with Gasteiger partial charge in [0.05, 0.1) is 6.04 Å². The third-order valence-electron chi connectivity index (χ3n) is 4.81. The predicted octanol–water partition coefficient (Wildman–Crippen LogP) is 3.40. The number of piperidine rings is 1. The molecule has 0 spiro atoms. The van der Waals surface area contributed by atoms with E-state index in [0.29, 0.717) is 11.8 Å². The highest BCUT2D eigenvalue weighted by Gasteiger charge is 2.33. The van der Waals surface area contributed by atoms with Crippen LogP contribution in [0.5, 0.6) is 0 Å². The fraction of sp³-hybridized carbons (Fsp3) is 0.933. The van der Waals surface area contributed by atoms with Crippen LogP contribution in [-0.4, -0.2) is 29.3 Å². The van der Waals surface area contributed by atoms with Gasteiger partial charge in [0.2, 0.25) is 0 Å². The van der Waals surface area contributed by atoms with Crippen LogP contribution in [0.25, 0.3) is 0 Å². The lowest BCUT2D eigenvalue weighted by atomic mass is 9.82. The summed E-state index contributed by atoms with van der Waals surface area (Å²) >= 11 is 0. The normalized spacial score (nSPS) is 35.8. The molecule has 3 atom stereocenters. The zero-order chi connectivity index (χ0) is 12.3. The van der Waals surface area contributed by atoms with Gasteiger partial charge >= 0.3 is 0 Å². The van der Waals surface area contributed by atoms with Crippen LogP contribution in [0.2, 0.25) is 0 Å². The zero-order valence-electron chi connectivity index (χ0n) is 11.5. The molecule has 1 aliphatic heterocycles. The van der Waals surface area contributed by atoms with E-state index < -0.39 is 0 Å². The van der Waals surface area contributed by atoms with E-state index in [1.165, 1.54) is 44.9 Å². The number of carbonyl (C=O) groups excluding carboxylic acids is 1. The lowest BCUT2D eigenvalue weighted by Crippen LogP contribution is -2.50. The highest BCUT2D eigenvalue weighted by Crippen LogP contribution is 2.33. The molecule has 0 aromatic carbocycles. The number of Topliss-reactive ketones (excluding diaryl/α,β-unsaturated/α-hetero) is 1. The fourth-order valence-corrected chi connectivity index (χ4v) is 3.76. The molecule has 0 bridgehead atoms. The van der Waals surface area contributed by atoms with Crippen molar-refractivity contribution in [2.24, 2.45) is 5.92 Å². The minimum Gasteiger partial charge on any atom is -0.298 e. The van der Waals surface area contributed by atoms with E-state index in [4.69, 9.17) is 0 Å². The summed E-state index contributed by atoms with van der Waals surface area (Å²) < 4.78 is 0. The summed E-state index contributed by atoms with van der Waals surface area (Å²) in [4.78, 5) is 14.3. The predicted molar refractivity (Wildman–Crippen MR) is 71.1 cm³/mol. The van der Waals surface area contributed by atoms with Crippen LogP contribution in [-0.2, 0) is 4.79 Å². The summed E-state index contributed by atoms with van der Waals surface area (Å²) in [6, 6.07) is 0.937. The first kappa shape index (κ1) is 13.1. The molecule has 1 aliphatic carbocycles. The monoisotopic (exact) mass is 237 g/mol. The van der Waals surface area contributed by atoms with Crippen LogP contribution in [0.1, 0.15) is 65.2 Å². The quantitative estimate of drug-likeness (QED) is 0.750. The number of rotatable bonds is 3. The van der Waals surface area contributed by atoms with Crippen LogP contribution in [0.3, 0.4) is 0 Å². The molecule has 0 N–H and O–H groups in total. The number of hydrogen-bond donors (Lipinski definition) is 0. The zero-order valence-corrected chi connectivity index (χ0v) is 11.5. The number of ketones is 1. The first-order chi connectivity index (χ1) is 8.22. The van der Waals surface area contributed by atoms with E-state index in [1.807, 2.05) is 0 Å². The van der Waals surface area contributed by atoms with Gasteiger partial charge in [-0.05, 0) is 45.1 Å². The Morgan fingerprint density at radius 3 is 2.71 bits per heavy atom. The molecule has 0 amide bonds. The lowest BCUT2D eigenvalue weighted by molar-refractivity contribution is -0.125. The van der Waals surface area contributed by atoms with E-state index in [9.17, 15) is 4.79 Å². The van der Waals surface area contributed by atoms with Gasteiger partial charge in [-0.3, -0.25) is 9.69 Å². The smallest absolute Gasteiger partial charge is 0.146 e. The van der Waals surface area contributed by atoms with Crippen molar-refractivity contribution in [3.8, 4) is 0 Å². The first-order valence-corrected chi connectivity index (χ1v) is 7.48. The number of likely N-dealkylation sites (tertiary alicyclic amines) is 1. The van der Waals surface area contributed by atoms with Crippen molar-refractivity contribution < 1.29 is 4.79 Å². The van der Waals surface area contributed by atoms with Gasteiger partial charge in [-0.1, -0.05) is 32.6 Å². The van der Waals surface area contributed by atoms with Gasteiger partial charge in [0.1, 0.15) is 5.78 Å². The maximum Gasteiger partial charge on any atom is 0.146 e. The number of nitrogens with zero attached hydrogens (tertiary/aromatic N) is 1. The standard InChI is InChI=1S/C15H27NO/c1-3-13-7-6-8-14(11-13)16-10-5-4-9-15(16)12(2)17/h13-15H,3-11H2,1-2H3. The van der Waals surface area contributed by atoms with Crippen molar-refractivity contribution in [3.05, 3.63) is 0 Å². The average Bonchev–Trinajstić information content (AvgIpc) is 2.39. The Labute approximate surface area is 106 Å². The minimum atomic E-state index is 0.240. The summed E-state index contributed by atoms with van der Waals surface area (Å²) in [5, 5.41) is 0. The second-order valence-electron chi connectivity index (χ2n) is 5.95. The van der Waals surface area contributed by atoms with Crippen molar-refractivity contribution >= 4 is 5.78 Å². The molecule has 1 heterocycles. The molecule has 0 radical (unpaired) electrons. The molecule has 2 fully saturated rings. The average molecular weight is 237 g/mol. The second-order valence-corrected chi connectivity index (χ2v) is 5.95. The summed E-state index contributed by atoms with van der Waals surface area (Å²) in [5.41, 5.74) is 0. The molecule has 1 saturated heterocycles. The Morgan fingerprint density at radius 1 is 1.18 bits per heavy atom. The number of carbonyl (C=O) groups is 1. The molecule has 2 aliphatic rings. The molecule has 0 aromatic heterocycles. The molecular formula is C15H27NO. The van der Waals surface area contributed by atoms with E-state index in [2.05, 4.69) is 11.8 Å². The Hall–Kier alpha value is -0.370. The third-order valence-corrected chi connectivity index (χ3v) is 4.81. The summed E-state index contributed by atoms with van der Waals surface area (Å²) in [5.74, 6) is 1.30. The lowest BCUT2D eigenvalue weighted by Gasteiger charge is -2.43. The van der Waals surface area contributed by atoms with Crippen LogP contribution in [0.4, 0.5) is 0 Å². The van der Waals surface area contributed by atoms with Crippen molar-refractivity contribution in [3.63, 3.8) is 0 Å². The Morgan fingerprint density at radius 2 is 2.00 bits per heavy atom. The van der Waals surface area contributed by atoms with Gasteiger partial charge in [0.15, 0.2) is 0 Å².